The van der Waals surface area contributed by atoms with Gasteiger partial charge in [-0.2, -0.15) is 0 Å². The van der Waals surface area contributed by atoms with Gasteiger partial charge < -0.3 is 5.73 Å². The molecule has 1 fully saturated rings. The minimum absolute atomic E-state index is 0.229. The summed E-state index contributed by atoms with van der Waals surface area (Å²) in [7, 11) is 0. The predicted molar refractivity (Wildman–Crippen MR) is 73.8 cm³/mol. The molecule has 1 aliphatic carbocycles. The van der Waals surface area contributed by atoms with Crippen LogP contribution in [-0.4, -0.2) is 0 Å². The first-order chi connectivity index (χ1) is 7.99. The van der Waals surface area contributed by atoms with Gasteiger partial charge in [0, 0.05) is 6.04 Å². The van der Waals surface area contributed by atoms with Crippen molar-refractivity contribution in [2.45, 2.75) is 52.5 Å². The maximum Gasteiger partial charge on any atom is 0.0326 e. The maximum atomic E-state index is 6.46. The van der Waals surface area contributed by atoms with Crippen LogP contribution in [0.15, 0.2) is 24.3 Å². The van der Waals surface area contributed by atoms with Crippen molar-refractivity contribution in [1.29, 1.82) is 0 Å². The maximum absolute atomic E-state index is 6.46. The molecule has 0 amide bonds. The molecule has 1 aromatic carbocycles. The molecule has 0 heterocycles. The molecule has 0 aliphatic heterocycles. The molecular weight excluding hydrogens is 206 g/mol. The minimum Gasteiger partial charge on any atom is -0.324 e. The molecule has 0 aromatic heterocycles. The second-order valence-electron chi connectivity index (χ2n) is 6.38. The normalized spacial score (nSPS) is 22.4. The lowest BCUT2D eigenvalue weighted by atomic mass is 9.70. The molecule has 1 unspecified atom stereocenters. The van der Waals surface area contributed by atoms with Gasteiger partial charge in [0.05, 0.1) is 0 Å². The first-order valence-electron chi connectivity index (χ1n) is 6.81. The van der Waals surface area contributed by atoms with Gasteiger partial charge in [0.15, 0.2) is 0 Å². The Hall–Kier alpha value is -0.820. The number of nitrogens with two attached hydrogens (primary N) is 1. The quantitative estimate of drug-likeness (QED) is 0.810. The topological polar surface area (TPSA) is 26.0 Å². The summed E-state index contributed by atoms with van der Waals surface area (Å²) < 4.78 is 0. The van der Waals surface area contributed by atoms with Crippen molar-refractivity contribution in [3.8, 4) is 0 Å². The Labute approximate surface area is 105 Å². The number of hydrogen-bond acceptors (Lipinski definition) is 1. The van der Waals surface area contributed by atoms with Gasteiger partial charge in [0.2, 0.25) is 0 Å². The van der Waals surface area contributed by atoms with Gasteiger partial charge in [-0.3, -0.25) is 0 Å². The predicted octanol–water partition coefficient (Wildman–Crippen LogP) is 4.21. The second kappa shape index (κ2) is 4.81. The van der Waals surface area contributed by atoms with E-state index < -0.39 is 0 Å². The van der Waals surface area contributed by atoms with Gasteiger partial charge >= 0.3 is 0 Å². The lowest BCUT2D eigenvalue weighted by Crippen LogP contribution is -2.29. The van der Waals surface area contributed by atoms with Crippen LogP contribution in [0.2, 0.25) is 0 Å². The Kier molecular flexibility index (Phi) is 3.58. The molecule has 1 aliphatic rings. The highest BCUT2D eigenvalue weighted by atomic mass is 14.7. The summed E-state index contributed by atoms with van der Waals surface area (Å²) in [5.74, 6) is 0.670. The molecular formula is C16H25N. The van der Waals surface area contributed by atoms with E-state index in [0.29, 0.717) is 11.3 Å². The van der Waals surface area contributed by atoms with Crippen LogP contribution in [0, 0.1) is 18.3 Å². The molecule has 0 radical (unpaired) electrons. The summed E-state index contributed by atoms with van der Waals surface area (Å²) in [6, 6.07) is 8.79. The monoisotopic (exact) mass is 231 g/mol. The van der Waals surface area contributed by atoms with Crippen LogP contribution in [-0.2, 0) is 0 Å². The van der Waals surface area contributed by atoms with E-state index in [1.165, 1.54) is 36.8 Å². The van der Waals surface area contributed by atoms with Crippen molar-refractivity contribution in [1.82, 2.24) is 0 Å². The summed E-state index contributed by atoms with van der Waals surface area (Å²) in [4.78, 5) is 0. The zero-order valence-corrected chi connectivity index (χ0v) is 11.4. The first-order valence-corrected chi connectivity index (χ1v) is 6.81. The SMILES string of the molecule is Cc1ccccc1C(N)C1CCC(C)(C)CC1. The summed E-state index contributed by atoms with van der Waals surface area (Å²) in [5.41, 5.74) is 9.67. The lowest BCUT2D eigenvalue weighted by molar-refractivity contribution is 0.173. The molecule has 1 heteroatoms. The molecule has 0 bridgehead atoms. The highest BCUT2D eigenvalue weighted by molar-refractivity contribution is 5.29. The van der Waals surface area contributed by atoms with Crippen LogP contribution < -0.4 is 5.73 Å². The Balaban J connectivity index is 2.07. The fourth-order valence-corrected chi connectivity index (χ4v) is 3.00. The zero-order valence-electron chi connectivity index (χ0n) is 11.4. The van der Waals surface area contributed by atoms with Gasteiger partial charge in [-0.05, 0) is 55.1 Å². The zero-order chi connectivity index (χ0) is 12.5. The Morgan fingerprint density at radius 1 is 1.18 bits per heavy atom. The van der Waals surface area contributed by atoms with Crippen molar-refractivity contribution in [2.24, 2.45) is 17.1 Å². The van der Waals surface area contributed by atoms with E-state index in [1.54, 1.807) is 0 Å². The summed E-state index contributed by atoms with van der Waals surface area (Å²) in [6.07, 6.45) is 5.19. The standard InChI is InChI=1S/C16H25N/c1-12-6-4-5-7-14(12)15(17)13-8-10-16(2,3)11-9-13/h4-7,13,15H,8-11,17H2,1-3H3. The number of hydrogen-bond donors (Lipinski definition) is 1. The number of benzene rings is 1. The molecule has 1 saturated carbocycles. The second-order valence-corrected chi connectivity index (χ2v) is 6.38. The highest BCUT2D eigenvalue weighted by Crippen LogP contribution is 2.42. The number of rotatable bonds is 2. The van der Waals surface area contributed by atoms with Gasteiger partial charge in [-0.15, -0.1) is 0 Å². The molecule has 94 valence electrons. The fourth-order valence-electron chi connectivity index (χ4n) is 3.00. The summed E-state index contributed by atoms with van der Waals surface area (Å²) >= 11 is 0. The van der Waals surface area contributed by atoms with Gasteiger partial charge in [0.1, 0.15) is 0 Å². The fraction of sp³-hybridized carbons (Fsp3) is 0.625. The average molecular weight is 231 g/mol. The molecule has 1 atom stereocenters. The van der Waals surface area contributed by atoms with Crippen molar-refractivity contribution in [3.63, 3.8) is 0 Å². The molecule has 1 aromatic rings. The Bertz CT molecular complexity index is 371. The van der Waals surface area contributed by atoms with Crippen molar-refractivity contribution in [3.05, 3.63) is 35.4 Å². The van der Waals surface area contributed by atoms with Crippen LogP contribution in [0.25, 0.3) is 0 Å². The molecule has 2 rings (SSSR count). The molecule has 0 saturated heterocycles. The van der Waals surface area contributed by atoms with Crippen LogP contribution in [0.4, 0.5) is 0 Å². The van der Waals surface area contributed by atoms with Gasteiger partial charge in [-0.25, -0.2) is 0 Å². The van der Waals surface area contributed by atoms with Crippen molar-refractivity contribution < 1.29 is 0 Å². The Morgan fingerprint density at radius 3 is 2.35 bits per heavy atom. The Morgan fingerprint density at radius 2 is 1.76 bits per heavy atom. The third-order valence-electron chi connectivity index (χ3n) is 4.44. The van der Waals surface area contributed by atoms with E-state index in [0.717, 1.165) is 0 Å². The first kappa shape index (κ1) is 12.6. The molecule has 17 heavy (non-hydrogen) atoms. The van der Waals surface area contributed by atoms with Crippen molar-refractivity contribution >= 4 is 0 Å². The van der Waals surface area contributed by atoms with E-state index >= 15 is 0 Å². The largest absolute Gasteiger partial charge is 0.324 e. The van der Waals surface area contributed by atoms with Crippen LogP contribution in [0.5, 0.6) is 0 Å². The van der Waals surface area contributed by atoms with Gasteiger partial charge in [-0.1, -0.05) is 38.1 Å². The van der Waals surface area contributed by atoms with Crippen LogP contribution in [0.1, 0.15) is 56.7 Å². The van der Waals surface area contributed by atoms with E-state index in [4.69, 9.17) is 5.73 Å². The summed E-state index contributed by atoms with van der Waals surface area (Å²) in [6.45, 7) is 6.92. The third-order valence-corrected chi connectivity index (χ3v) is 4.44. The lowest BCUT2D eigenvalue weighted by Gasteiger charge is -2.37. The van der Waals surface area contributed by atoms with Gasteiger partial charge in [0.25, 0.3) is 0 Å². The van der Waals surface area contributed by atoms with E-state index in [9.17, 15) is 0 Å². The van der Waals surface area contributed by atoms with Crippen LogP contribution >= 0.6 is 0 Å². The molecule has 0 spiro atoms. The highest BCUT2D eigenvalue weighted by Gasteiger charge is 2.30. The smallest absolute Gasteiger partial charge is 0.0326 e. The van der Waals surface area contributed by atoms with E-state index in [-0.39, 0.29) is 6.04 Å². The number of aryl methyl sites for hydroxylation is 1. The molecule has 1 nitrogen and oxygen atoms in total. The minimum atomic E-state index is 0.229. The molecule has 2 N–H and O–H groups in total. The average Bonchev–Trinajstić information content (AvgIpc) is 2.29. The van der Waals surface area contributed by atoms with Crippen molar-refractivity contribution in [2.75, 3.05) is 0 Å². The third kappa shape index (κ3) is 2.90. The summed E-state index contributed by atoms with van der Waals surface area (Å²) in [5, 5.41) is 0. The van der Waals surface area contributed by atoms with E-state index in [2.05, 4.69) is 45.0 Å². The van der Waals surface area contributed by atoms with E-state index in [1.807, 2.05) is 0 Å². The van der Waals surface area contributed by atoms with Crippen LogP contribution in [0.3, 0.4) is 0 Å².